The molecular formula is C14H18ClFN2OS. The van der Waals surface area contributed by atoms with Gasteiger partial charge in [-0.05, 0) is 50.0 Å². The molecule has 1 heterocycles. The molecule has 0 bridgehead atoms. The highest BCUT2D eigenvalue weighted by molar-refractivity contribution is 7.21. The van der Waals surface area contributed by atoms with Gasteiger partial charge in [0.05, 0.1) is 4.88 Å². The molecule has 0 radical (unpaired) electrons. The number of amides is 1. The number of nitrogens with one attached hydrogen (secondary N) is 2. The van der Waals surface area contributed by atoms with Crippen LogP contribution in [0.4, 0.5) is 4.39 Å². The van der Waals surface area contributed by atoms with Gasteiger partial charge < -0.3 is 10.6 Å². The van der Waals surface area contributed by atoms with Gasteiger partial charge in [0.1, 0.15) is 5.82 Å². The number of aryl methyl sites for hydroxylation is 1. The van der Waals surface area contributed by atoms with Crippen molar-refractivity contribution in [2.75, 3.05) is 13.6 Å². The normalized spacial score (nSPS) is 12.0. The smallest absolute Gasteiger partial charge is 0.261 e. The molecular weight excluding hydrogens is 299 g/mol. The summed E-state index contributed by atoms with van der Waals surface area (Å²) in [6, 6.07) is 4.84. The summed E-state index contributed by atoms with van der Waals surface area (Å²) in [5.74, 6) is -0.370. The van der Waals surface area contributed by atoms with Crippen molar-refractivity contribution in [2.24, 2.45) is 0 Å². The molecule has 0 spiro atoms. The second-order valence-electron chi connectivity index (χ2n) is 4.60. The molecule has 2 aromatic rings. The van der Waals surface area contributed by atoms with Gasteiger partial charge >= 0.3 is 0 Å². The Morgan fingerprint density at radius 2 is 2.15 bits per heavy atom. The molecule has 20 heavy (non-hydrogen) atoms. The zero-order chi connectivity index (χ0) is 14.0. The van der Waals surface area contributed by atoms with Gasteiger partial charge in [-0.3, -0.25) is 4.79 Å². The first-order chi connectivity index (χ1) is 9.02. The number of carbonyl (C=O) groups excluding carboxylic acids is 1. The average molecular weight is 317 g/mol. The summed E-state index contributed by atoms with van der Waals surface area (Å²) in [5, 5.41) is 6.76. The van der Waals surface area contributed by atoms with Gasteiger partial charge in [-0.15, -0.1) is 23.7 Å². The van der Waals surface area contributed by atoms with E-state index in [0.717, 1.165) is 15.6 Å². The van der Waals surface area contributed by atoms with Crippen molar-refractivity contribution in [1.82, 2.24) is 10.6 Å². The van der Waals surface area contributed by atoms with Gasteiger partial charge in [0.25, 0.3) is 5.91 Å². The minimum Gasteiger partial charge on any atom is -0.350 e. The second kappa shape index (κ2) is 7.02. The summed E-state index contributed by atoms with van der Waals surface area (Å²) in [7, 11) is 1.85. The predicted octanol–water partition coefficient (Wildman–Crippen LogP) is 3.11. The molecule has 1 unspecified atom stereocenters. The molecule has 2 rings (SSSR count). The van der Waals surface area contributed by atoms with Gasteiger partial charge in [-0.2, -0.15) is 0 Å². The Bertz CT molecular complexity index is 614. The molecule has 1 atom stereocenters. The molecule has 0 saturated carbocycles. The lowest BCUT2D eigenvalue weighted by molar-refractivity contribution is 0.0954. The van der Waals surface area contributed by atoms with Crippen molar-refractivity contribution in [3.05, 3.63) is 34.5 Å². The van der Waals surface area contributed by atoms with Gasteiger partial charge in [0, 0.05) is 17.3 Å². The van der Waals surface area contributed by atoms with E-state index in [0.29, 0.717) is 11.4 Å². The molecule has 0 fully saturated rings. The topological polar surface area (TPSA) is 41.1 Å². The molecule has 2 N–H and O–H groups in total. The summed E-state index contributed by atoms with van der Waals surface area (Å²) < 4.78 is 14.2. The number of halogens is 2. The lowest BCUT2D eigenvalue weighted by Crippen LogP contribution is -2.37. The molecule has 0 aliphatic heterocycles. The van der Waals surface area contributed by atoms with E-state index < -0.39 is 0 Å². The number of hydrogen-bond donors (Lipinski definition) is 2. The average Bonchev–Trinajstić information content (AvgIpc) is 2.73. The molecule has 0 aliphatic rings. The highest BCUT2D eigenvalue weighted by Crippen LogP contribution is 2.31. The van der Waals surface area contributed by atoms with Crippen LogP contribution in [0.25, 0.3) is 10.1 Å². The van der Waals surface area contributed by atoms with Crippen molar-refractivity contribution in [1.29, 1.82) is 0 Å². The molecule has 1 amide bonds. The minimum absolute atomic E-state index is 0. The van der Waals surface area contributed by atoms with Crippen LogP contribution < -0.4 is 10.6 Å². The van der Waals surface area contributed by atoms with E-state index in [1.165, 1.54) is 23.5 Å². The van der Waals surface area contributed by atoms with Crippen LogP contribution in [0.2, 0.25) is 0 Å². The molecule has 110 valence electrons. The Labute approximate surface area is 128 Å². The molecule has 1 aromatic carbocycles. The highest BCUT2D eigenvalue weighted by atomic mass is 35.5. The third kappa shape index (κ3) is 3.48. The largest absolute Gasteiger partial charge is 0.350 e. The third-order valence-electron chi connectivity index (χ3n) is 3.17. The minimum atomic E-state index is -0.274. The standard InChI is InChI=1S/C14H17FN2OS.ClH/c1-8(16-3)7-17-14(18)13-9(2)11-6-10(15)4-5-12(11)19-13;/h4-6,8,16H,7H2,1-3H3,(H,17,18);1H. The Balaban J connectivity index is 0.00000200. The summed E-state index contributed by atoms with van der Waals surface area (Å²) in [4.78, 5) is 12.8. The number of fused-ring (bicyclic) bond motifs is 1. The maximum Gasteiger partial charge on any atom is 0.261 e. The van der Waals surface area contributed by atoms with Gasteiger partial charge in [0.2, 0.25) is 0 Å². The SMILES string of the molecule is CNC(C)CNC(=O)c1sc2ccc(F)cc2c1C.Cl. The zero-order valence-corrected chi connectivity index (χ0v) is 13.3. The summed E-state index contributed by atoms with van der Waals surface area (Å²) in [6.07, 6.45) is 0. The van der Waals surface area contributed by atoms with E-state index in [1.54, 1.807) is 6.07 Å². The van der Waals surface area contributed by atoms with Crippen LogP contribution in [0, 0.1) is 12.7 Å². The summed E-state index contributed by atoms with van der Waals surface area (Å²) in [5.41, 5.74) is 0.842. The van der Waals surface area contributed by atoms with E-state index >= 15 is 0 Å². The van der Waals surface area contributed by atoms with Crippen LogP contribution in [0.3, 0.4) is 0 Å². The number of benzene rings is 1. The Morgan fingerprint density at radius 1 is 1.45 bits per heavy atom. The van der Waals surface area contributed by atoms with E-state index in [4.69, 9.17) is 0 Å². The van der Waals surface area contributed by atoms with Crippen LogP contribution in [-0.4, -0.2) is 25.5 Å². The number of hydrogen-bond acceptors (Lipinski definition) is 3. The highest BCUT2D eigenvalue weighted by Gasteiger charge is 2.16. The molecule has 1 aromatic heterocycles. The first-order valence-electron chi connectivity index (χ1n) is 6.17. The van der Waals surface area contributed by atoms with Crippen molar-refractivity contribution >= 4 is 39.7 Å². The van der Waals surface area contributed by atoms with E-state index in [1.807, 2.05) is 20.9 Å². The first kappa shape index (κ1) is 16.9. The Hall–Kier alpha value is -1.17. The molecule has 3 nitrogen and oxygen atoms in total. The molecule has 0 saturated heterocycles. The summed E-state index contributed by atoms with van der Waals surface area (Å²) in [6.45, 7) is 4.42. The van der Waals surface area contributed by atoms with Crippen LogP contribution in [0.5, 0.6) is 0 Å². The fraction of sp³-hybridized carbons (Fsp3) is 0.357. The lowest BCUT2D eigenvalue weighted by Gasteiger charge is -2.10. The number of rotatable bonds is 4. The van der Waals surface area contributed by atoms with E-state index in [2.05, 4.69) is 10.6 Å². The fourth-order valence-corrected chi connectivity index (χ4v) is 2.94. The predicted molar refractivity (Wildman–Crippen MR) is 84.6 cm³/mol. The molecule has 0 aliphatic carbocycles. The van der Waals surface area contributed by atoms with E-state index in [9.17, 15) is 9.18 Å². The van der Waals surface area contributed by atoms with Crippen molar-refractivity contribution in [2.45, 2.75) is 19.9 Å². The number of thiophene rings is 1. The number of likely N-dealkylation sites (N-methyl/N-ethyl adjacent to an activating group) is 1. The van der Waals surface area contributed by atoms with Crippen molar-refractivity contribution < 1.29 is 9.18 Å². The first-order valence-corrected chi connectivity index (χ1v) is 6.98. The van der Waals surface area contributed by atoms with Crippen LogP contribution >= 0.6 is 23.7 Å². The monoisotopic (exact) mass is 316 g/mol. The van der Waals surface area contributed by atoms with Crippen molar-refractivity contribution in [3.8, 4) is 0 Å². The maximum atomic E-state index is 13.2. The fourth-order valence-electron chi connectivity index (χ4n) is 1.84. The quantitative estimate of drug-likeness (QED) is 0.910. The Kier molecular flexibility index (Phi) is 5.92. The zero-order valence-electron chi connectivity index (χ0n) is 11.6. The maximum absolute atomic E-state index is 13.2. The van der Waals surface area contributed by atoms with Gasteiger partial charge in [-0.1, -0.05) is 0 Å². The summed E-state index contributed by atoms with van der Waals surface area (Å²) >= 11 is 1.40. The van der Waals surface area contributed by atoms with Crippen molar-refractivity contribution in [3.63, 3.8) is 0 Å². The number of carbonyl (C=O) groups is 1. The van der Waals surface area contributed by atoms with Crippen LogP contribution in [0.1, 0.15) is 22.2 Å². The third-order valence-corrected chi connectivity index (χ3v) is 4.44. The van der Waals surface area contributed by atoms with Crippen LogP contribution in [0.15, 0.2) is 18.2 Å². The van der Waals surface area contributed by atoms with Crippen LogP contribution in [-0.2, 0) is 0 Å². The van der Waals surface area contributed by atoms with E-state index in [-0.39, 0.29) is 30.2 Å². The Morgan fingerprint density at radius 3 is 2.80 bits per heavy atom. The van der Waals surface area contributed by atoms with Gasteiger partial charge in [-0.25, -0.2) is 4.39 Å². The lowest BCUT2D eigenvalue weighted by atomic mass is 10.1. The molecule has 6 heteroatoms. The van der Waals surface area contributed by atoms with Gasteiger partial charge in [0.15, 0.2) is 0 Å². The second-order valence-corrected chi connectivity index (χ2v) is 5.65.